The minimum Gasteiger partial charge on any atom is -1.00 e. The zero-order valence-electron chi connectivity index (χ0n) is 43.0. The molecule has 4 aliphatic carbocycles. The fourth-order valence-electron chi connectivity index (χ4n) is 8.01. The molecule has 13 heteroatoms. The first-order valence-corrected chi connectivity index (χ1v) is 23.6. The Hall–Kier alpha value is -1.94. The van der Waals surface area contributed by atoms with Crippen LogP contribution in [0.1, 0.15) is 122 Å². The topological polar surface area (TPSA) is 121 Å². The molecule has 0 radical (unpaired) electrons. The molecule has 0 heterocycles. The van der Waals surface area contributed by atoms with Crippen LogP contribution < -0.4 is 31.8 Å². The van der Waals surface area contributed by atoms with Crippen molar-refractivity contribution in [3.63, 3.8) is 0 Å². The van der Waals surface area contributed by atoms with E-state index in [0.29, 0.717) is 35.1 Å². The summed E-state index contributed by atoms with van der Waals surface area (Å²) in [5, 5.41) is 13.9. The summed E-state index contributed by atoms with van der Waals surface area (Å²) in [5.74, 6) is 4.05. The van der Waals surface area contributed by atoms with Crippen LogP contribution >= 0.6 is 0 Å². The summed E-state index contributed by atoms with van der Waals surface area (Å²) in [5.41, 5.74) is 0.287. The predicted molar refractivity (Wildman–Crippen MR) is 267 cm³/mol. The van der Waals surface area contributed by atoms with Crippen molar-refractivity contribution >= 4 is 40.4 Å². The molecular weight excluding hydrogens is 897 g/mol. The van der Waals surface area contributed by atoms with E-state index in [9.17, 15) is 19.5 Å². The van der Waals surface area contributed by atoms with E-state index in [1.807, 2.05) is 91.7 Å². The Kier molecular flexibility index (Phi) is 43.7. The van der Waals surface area contributed by atoms with Gasteiger partial charge in [0.15, 0.2) is 0 Å². The van der Waals surface area contributed by atoms with Gasteiger partial charge >= 0.3 is 23.1 Å². The molecule has 0 bridgehead atoms. The van der Waals surface area contributed by atoms with Crippen LogP contribution in [0.5, 0.6) is 11.5 Å². The van der Waals surface area contributed by atoms with Crippen molar-refractivity contribution < 1.29 is 50.7 Å². The molecule has 4 saturated carbocycles. The van der Waals surface area contributed by atoms with Gasteiger partial charge in [-0.25, -0.2) is 0 Å². The van der Waals surface area contributed by atoms with Crippen LogP contribution in [0.2, 0.25) is 0 Å². The van der Waals surface area contributed by atoms with Crippen molar-refractivity contribution in [3.8, 4) is 11.5 Å². The quantitative estimate of drug-likeness (QED) is 0.236. The Labute approximate surface area is 423 Å². The van der Waals surface area contributed by atoms with Gasteiger partial charge in [0.25, 0.3) is 0 Å². The number of methoxy groups -OCH3 is 3. The first-order chi connectivity index (χ1) is 30.1. The maximum atomic E-state index is 11.3. The number of nitrogens with zero attached hydrogens (tertiary/aromatic N) is 3. The standard InChI is InChI=1S/C16H25NO2.2C9H17NO.C7H7O.C6H10O.C3H8O.C2H7N.BrH.Mg/c1-17(2)12-14-7-4-5-10-16(14,18)13-8-6-9-15(11-13)19-3;2*1-10(2)7-8-5-3-4-6-9(8)11;1-8-7-5-3-2-4-6-7;7-6-4-2-1-3-5-6;1-3-4-2;1-3-2;;/h6,8-9,11,14,18H,4-5,7,10,12H2,1-3H3;2*8H,3-7H2,1-2H3;2-3,5-6H,1H3;1-5H2;3H2,1-2H3;3H,1-2H3;1H;/q;;;-1;;;;;+2/p-1/t14?,16-;;;;;;;;/m1......../s1. The first-order valence-electron chi connectivity index (χ1n) is 23.6. The summed E-state index contributed by atoms with van der Waals surface area (Å²) >= 11 is 0. The normalized spacial score (nSPS) is 21.1. The number of benzene rings is 2. The second-order valence-corrected chi connectivity index (χ2v) is 17.8. The number of carbonyl (C=O) groups is 3. The van der Waals surface area contributed by atoms with Gasteiger partial charge in [-0.1, -0.05) is 44.2 Å². The number of hydrogen-bond acceptors (Lipinski definition) is 11. The average molecular weight is 989 g/mol. The van der Waals surface area contributed by atoms with Crippen molar-refractivity contribution in [1.82, 2.24) is 20.0 Å². The summed E-state index contributed by atoms with van der Waals surface area (Å²) in [4.78, 5) is 39.4. The Morgan fingerprint density at radius 2 is 1.14 bits per heavy atom. The number of ether oxygens (including phenoxy) is 3. The maximum Gasteiger partial charge on any atom is 2.00 e. The van der Waals surface area contributed by atoms with E-state index in [1.54, 1.807) is 27.4 Å². The minimum atomic E-state index is -0.711. The SMILES string of the molecule is CCOC.CN(C)CC1CCCCC1=O.CN(C)CC1CCCCC1=O.CNC.COc1c[c-]ccc1.COc1cccc([C@]2(O)CCCCC2CN(C)C)c1.O=C1CCCCC1.[Br-].[Mg+2]. The number of hydrogen-bond donors (Lipinski definition) is 2. The molecule has 0 spiro atoms. The van der Waals surface area contributed by atoms with Gasteiger partial charge in [-0.3, -0.25) is 14.4 Å². The predicted octanol–water partition coefficient (Wildman–Crippen LogP) is 5.38. The van der Waals surface area contributed by atoms with Crippen molar-refractivity contribution in [2.24, 2.45) is 17.8 Å². The Morgan fingerprint density at radius 3 is 1.51 bits per heavy atom. The number of rotatable bonds is 10. The van der Waals surface area contributed by atoms with E-state index < -0.39 is 5.60 Å². The molecule has 2 N–H and O–H groups in total. The summed E-state index contributed by atoms with van der Waals surface area (Å²) in [6.45, 7) is 5.59. The van der Waals surface area contributed by atoms with Crippen LogP contribution in [0.15, 0.2) is 48.5 Å². The fraction of sp³-hybridized carbons (Fsp3) is 0.712. The Morgan fingerprint density at radius 1 is 0.677 bits per heavy atom. The molecule has 370 valence electrons. The monoisotopic (exact) mass is 987 g/mol. The van der Waals surface area contributed by atoms with Gasteiger partial charge in [-0.05, 0) is 132 Å². The van der Waals surface area contributed by atoms with Crippen LogP contribution in [0, 0.1) is 23.8 Å². The summed E-state index contributed by atoms with van der Waals surface area (Å²) < 4.78 is 14.7. The molecular formula is C52H91BrMgN4O7. The van der Waals surface area contributed by atoms with E-state index in [0.717, 1.165) is 127 Å². The van der Waals surface area contributed by atoms with Crippen molar-refractivity contribution in [2.45, 2.75) is 122 Å². The molecule has 0 saturated heterocycles. The molecule has 3 unspecified atom stereocenters. The van der Waals surface area contributed by atoms with Gasteiger partial charge in [-0.15, -0.1) is 12.1 Å². The number of aliphatic hydroxyl groups is 1. The van der Waals surface area contributed by atoms with E-state index in [2.05, 4.69) is 44.9 Å². The smallest absolute Gasteiger partial charge is 1.00 e. The maximum absolute atomic E-state index is 11.3. The van der Waals surface area contributed by atoms with Crippen LogP contribution in [-0.4, -0.2) is 164 Å². The Balaban J connectivity index is -0.000000734. The van der Waals surface area contributed by atoms with E-state index in [1.165, 1.54) is 25.7 Å². The largest absolute Gasteiger partial charge is 2.00 e. The number of Topliss-reactive ketones (excluding diaryl/α,β-unsaturated/α-hetero) is 3. The number of carbonyl (C=O) groups excluding carboxylic acids is 3. The molecule has 4 aliphatic rings. The molecule has 11 nitrogen and oxygen atoms in total. The van der Waals surface area contributed by atoms with Gasteiger partial charge in [-0.2, -0.15) is 18.2 Å². The molecule has 2 aromatic carbocycles. The van der Waals surface area contributed by atoms with Crippen molar-refractivity contribution in [1.29, 1.82) is 0 Å². The molecule has 65 heavy (non-hydrogen) atoms. The van der Waals surface area contributed by atoms with Crippen LogP contribution in [0.3, 0.4) is 0 Å². The number of ketones is 3. The third-order valence-electron chi connectivity index (χ3n) is 11.3. The summed E-state index contributed by atoms with van der Waals surface area (Å²) in [6.07, 6.45) is 18.0. The van der Waals surface area contributed by atoms with Gasteiger partial charge in [0.1, 0.15) is 23.1 Å². The molecule has 6 rings (SSSR count). The van der Waals surface area contributed by atoms with Crippen LogP contribution in [0.25, 0.3) is 0 Å². The third kappa shape index (κ3) is 32.4. The molecule has 2 aromatic rings. The average Bonchev–Trinajstić information content (AvgIpc) is 3.27. The van der Waals surface area contributed by atoms with E-state index in [-0.39, 0.29) is 40.0 Å². The number of nitrogens with one attached hydrogen (secondary N) is 1. The van der Waals surface area contributed by atoms with Crippen molar-refractivity contribution in [3.05, 3.63) is 60.2 Å². The minimum absolute atomic E-state index is 0. The van der Waals surface area contributed by atoms with Gasteiger partial charge in [0.2, 0.25) is 0 Å². The summed E-state index contributed by atoms with van der Waals surface area (Å²) in [6, 6.07) is 18.2. The molecule has 0 aliphatic heterocycles. The molecule has 0 aromatic heterocycles. The molecule has 0 amide bonds. The molecule has 4 atom stereocenters. The second-order valence-electron chi connectivity index (χ2n) is 17.8. The Bertz CT molecular complexity index is 1410. The zero-order valence-corrected chi connectivity index (χ0v) is 46.0. The van der Waals surface area contributed by atoms with Crippen LogP contribution in [0.4, 0.5) is 0 Å². The zero-order chi connectivity index (χ0) is 47.5. The molecule has 4 fully saturated rings. The van der Waals surface area contributed by atoms with E-state index in [4.69, 9.17) is 9.47 Å². The first kappa shape index (κ1) is 67.3. The third-order valence-corrected chi connectivity index (χ3v) is 11.3. The van der Waals surface area contributed by atoms with Gasteiger partial charge in [0.05, 0.1) is 19.8 Å². The van der Waals surface area contributed by atoms with Crippen LogP contribution in [-0.2, 0) is 24.7 Å². The fourth-order valence-corrected chi connectivity index (χ4v) is 8.01. The van der Waals surface area contributed by atoms with Gasteiger partial charge < -0.3 is 56.3 Å². The number of halogens is 1. The van der Waals surface area contributed by atoms with Crippen molar-refractivity contribution in [2.75, 3.05) is 104 Å². The van der Waals surface area contributed by atoms with E-state index >= 15 is 0 Å². The summed E-state index contributed by atoms with van der Waals surface area (Å²) in [7, 11) is 21.0. The van der Waals surface area contributed by atoms with Gasteiger partial charge in [0, 0.05) is 82.5 Å². The second kappa shape index (κ2) is 42.2.